The summed E-state index contributed by atoms with van der Waals surface area (Å²) >= 11 is 0. The van der Waals surface area contributed by atoms with Crippen LogP contribution in [-0.4, -0.2) is 54.7 Å². The summed E-state index contributed by atoms with van der Waals surface area (Å²) in [6, 6.07) is 0. The summed E-state index contributed by atoms with van der Waals surface area (Å²) in [6.45, 7) is 5.31. The van der Waals surface area contributed by atoms with E-state index < -0.39 is 0 Å². The third-order valence-electron chi connectivity index (χ3n) is 2.87. The van der Waals surface area contributed by atoms with Crippen LogP contribution in [0, 0.1) is 0 Å². The fourth-order valence-corrected chi connectivity index (χ4v) is 1.64. The van der Waals surface area contributed by atoms with Crippen molar-refractivity contribution in [2.45, 2.75) is 26.2 Å². The third kappa shape index (κ3) is 4.00. The minimum absolute atomic E-state index is 0.130. The summed E-state index contributed by atoms with van der Waals surface area (Å²) in [5.41, 5.74) is 0. The number of carbonyl (C=O) groups excluding carboxylic acids is 2. The molecule has 1 aliphatic rings. The number of amides is 1. The van der Waals surface area contributed by atoms with Crippen molar-refractivity contribution in [2.75, 3.05) is 33.2 Å². The maximum absolute atomic E-state index is 11.7. The normalized spacial score (nSPS) is 17.9. The van der Waals surface area contributed by atoms with Crippen LogP contribution < -0.4 is 0 Å². The van der Waals surface area contributed by atoms with Gasteiger partial charge in [-0.1, -0.05) is 6.92 Å². The standard InChI is InChI=1S/C11H20N2O2/c1-3-10(14)4-5-11(15)13-8-6-12(2)7-9-13/h3-9H2,1-2H3. The number of hydrogen-bond donors (Lipinski definition) is 0. The van der Waals surface area contributed by atoms with Crippen molar-refractivity contribution in [3.63, 3.8) is 0 Å². The van der Waals surface area contributed by atoms with Gasteiger partial charge in [-0.05, 0) is 7.05 Å². The van der Waals surface area contributed by atoms with E-state index >= 15 is 0 Å². The number of Topliss-reactive ketones (excluding diaryl/α,β-unsaturated/α-hetero) is 1. The molecule has 0 radical (unpaired) electrons. The summed E-state index contributed by atoms with van der Waals surface area (Å²) in [5, 5.41) is 0. The molecule has 0 N–H and O–H groups in total. The lowest BCUT2D eigenvalue weighted by Crippen LogP contribution is -2.47. The molecule has 0 bridgehead atoms. The van der Waals surface area contributed by atoms with Crippen LogP contribution in [0.1, 0.15) is 26.2 Å². The summed E-state index contributed by atoms with van der Waals surface area (Å²) in [4.78, 5) is 26.8. The van der Waals surface area contributed by atoms with Gasteiger partial charge in [0.2, 0.25) is 5.91 Å². The van der Waals surface area contributed by atoms with Crippen LogP contribution in [0.2, 0.25) is 0 Å². The number of carbonyl (C=O) groups is 2. The Hall–Kier alpha value is -0.900. The van der Waals surface area contributed by atoms with Crippen molar-refractivity contribution < 1.29 is 9.59 Å². The summed E-state index contributed by atoms with van der Waals surface area (Å²) in [7, 11) is 2.06. The van der Waals surface area contributed by atoms with Gasteiger partial charge in [-0.25, -0.2) is 0 Å². The van der Waals surface area contributed by atoms with Gasteiger partial charge < -0.3 is 9.80 Å². The second-order valence-corrected chi connectivity index (χ2v) is 4.08. The van der Waals surface area contributed by atoms with E-state index in [0.717, 1.165) is 26.2 Å². The van der Waals surface area contributed by atoms with E-state index in [4.69, 9.17) is 0 Å². The van der Waals surface area contributed by atoms with Gasteiger partial charge in [-0.15, -0.1) is 0 Å². The molecular formula is C11H20N2O2. The molecule has 1 heterocycles. The van der Waals surface area contributed by atoms with Crippen LogP contribution in [0.25, 0.3) is 0 Å². The molecule has 1 fully saturated rings. The van der Waals surface area contributed by atoms with Crippen LogP contribution in [0.3, 0.4) is 0 Å². The molecule has 0 aromatic heterocycles. The smallest absolute Gasteiger partial charge is 0.223 e. The van der Waals surface area contributed by atoms with Gasteiger partial charge in [-0.2, -0.15) is 0 Å². The maximum Gasteiger partial charge on any atom is 0.223 e. The van der Waals surface area contributed by atoms with Crippen LogP contribution in [0.5, 0.6) is 0 Å². The second-order valence-electron chi connectivity index (χ2n) is 4.08. The van der Waals surface area contributed by atoms with Crippen LogP contribution in [-0.2, 0) is 9.59 Å². The Kier molecular flexibility index (Phi) is 4.75. The Bertz CT molecular complexity index is 233. The van der Waals surface area contributed by atoms with E-state index in [9.17, 15) is 9.59 Å². The summed E-state index contributed by atoms with van der Waals surface area (Å²) in [5.74, 6) is 0.308. The molecule has 0 aromatic rings. The largest absolute Gasteiger partial charge is 0.340 e. The summed E-state index contributed by atoms with van der Waals surface area (Å²) in [6.07, 6.45) is 1.33. The lowest BCUT2D eigenvalue weighted by atomic mass is 10.1. The molecule has 86 valence electrons. The molecule has 0 atom stereocenters. The van der Waals surface area contributed by atoms with Crippen molar-refractivity contribution in [1.29, 1.82) is 0 Å². The molecule has 1 saturated heterocycles. The Morgan fingerprint density at radius 3 is 2.20 bits per heavy atom. The minimum atomic E-state index is 0.130. The fraction of sp³-hybridized carbons (Fsp3) is 0.818. The fourth-order valence-electron chi connectivity index (χ4n) is 1.64. The lowest BCUT2D eigenvalue weighted by molar-refractivity contribution is -0.134. The number of hydrogen-bond acceptors (Lipinski definition) is 3. The molecule has 1 rings (SSSR count). The van der Waals surface area contributed by atoms with Gasteiger partial charge in [0.15, 0.2) is 0 Å². The predicted molar refractivity (Wildman–Crippen MR) is 58.6 cm³/mol. The number of rotatable bonds is 4. The molecule has 0 saturated carbocycles. The SMILES string of the molecule is CCC(=O)CCC(=O)N1CCN(C)CC1. The molecule has 0 aliphatic carbocycles. The van der Waals surface area contributed by atoms with E-state index in [-0.39, 0.29) is 11.7 Å². The van der Waals surface area contributed by atoms with Gasteiger partial charge in [0.05, 0.1) is 0 Å². The highest BCUT2D eigenvalue weighted by atomic mass is 16.2. The molecule has 4 nitrogen and oxygen atoms in total. The van der Waals surface area contributed by atoms with Crippen molar-refractivity contribution in [1.82, 2.24) is 9.80 Å². The molecule has 15 heavy (non-hydrogen) atoms. The van der Waals surface area contributed by atoms with E-state index in [1.54, 1.807) is 0 Å². The third-order valence-corrected chi connectivity index (χ3v) is 2.87. The van der Waals surface area contributed by atoms with E-state index in [0.29, 0.717) is 19.3 Å². The molecule has 1 aliphatic heterocycles. The number of likely N-dealkylation sites (N-methyl/N-ethyl adjacent to an activating group) is 1. The predicted octanol–water partition coefficient (Wildman–Crippen LogP) is 0.520. The van der Waals surface area contributed by atoms with Gasteiger partial charge in [0, 0.05) is 45.4 Å². The molecule has 0 spiro atoms. The van der Waals surface area contributed by atoms with Crippen LogP contribution in [0.4, 0.5) is 0 Å². The summed E-state index contributed by atoms with van der Waals surface area (Å²) < 4.78 is 0. The number of ketones is 1. The number of nitrogens with zero attached hydrogens (tertiary/aromatic N) is 2. The van der Waals surface area contributed by atoms with Crippen molar-refractivity contribution >= 4 is 11.7 Å². The van der Waals surface area contributed by atoms with Crippen molar-refractivity contribution in [3.05, 3.63) is 0 Å². The minimum Gasteiger partial charge on any atom is -0.340 e. The molecular weight excluding hydrogens is 192 g/mol. The van der Waals surface area contributed by atoms with Gasteiger partial charge in [0.25, 0.3) is 0 Å². The van der Waals surface area contributed by atoms with E-state index in [2.05, 4.69) is 11.9 Å². The first-order valence-corrected chi connectivity index (χ1v) is 5.61. The van der Waals surface area contributed by atoms with E-state index in [1.807, 2.05) is 11.8 Å². The Labute approximate surface area is 91.2 Å². The average Bonchev–Trinajstić information content (AvgIpc) is 2.26. The number of piperazine rings is 1. The molecule has 0 unspecified atom stereocenters. The maximum atomic E-state index is 11.7. The highest BCUT2D eigenvalue weighted by Gasteiger charge is 2.18. The molecule has 0 aromatic carbocycles. The first kappa shape index (κ1) is 12.2. The first-order valence-electron chi connectivity index (χ1n) is 5.61. The zero-order valence-corrected chi connectivity index (χ0v) is 9.66. The average molecular weight is 212 g/mol. The quantitative estimate of drug-likeness (QED) is 0.682. The Morgan fingerprint density at radius 2 is 1.67 bits per heavy atom. The highest BCUT2D eigenvalue weighted by Crippen LogP contribution is 2.04. The van der Waals surface area contributed by atoms with Gasteiger partial charge >= 0.3 is 0 Å². The van der Waals surface area contributed by atoms with E-state index in [1.165, 1.54) is 0 Å². The Balaban J connectivity index is 2.25. The molecule has 4 heteroatoms. The second kappa shape index (κ2) is 5.85. The molecule has 1 amide bonds. The topological polar surface area (TPSA) is 40.6 Å². The Morgan fingerprint density at radius 1 is 1.07 bits per heavy atom. The van der Waals surface area contributed by atoms with Gasteiger partial charge in [-0.3, -0.25) is 9.59 Å². The lowest BCUT2D eigenvalue weighted by Gasteiger charge is -2.32. The van der Waals surface area contributed by atoms with Crippen LogP contribution >= 0.6 is 0 Å². The first-order chi connectivity index (χ1) is 7.13. The zero-order valence-electron chi connectivity index (χ0n) is 9.66. The van der Waals surface area contributed by atoms with Gasteiger partial charge in [0.1, 0.15) is 5.78 Å². The van der Waals surface area contributed by atoms with Crippen molar-refractivity contribution in [3.8, 4) is 0 Å². The van der Waals surface area contributed by atoms with Crippen LogP contribution in [0.15, 0.2) is 0 Å². The monoisotopic (exact) mass is 212 g/mol. The van der Waals surface area contributed by atoms with Crippen molar-refractivity contribution in [2.24, 2.45) is 0 Å². The highest BCUT2D eigenvalue weighted by molar-refractivity contribution is 5.84. The zero-order chi connectivity index (χ0) is 11.3.